The molecule has 1 amide bonds. The van der Waals surface area contributed by atoms with Crippen LogP contribution in [0.3, 0.4) is 0 Å². The maximum Gasteiger partial charge on any atom is 0.244 e. The Morgan fingerprint density at radius 1 is 1.11 bits per heavy atom. The van der Waals surface area contributed by atoms with Gasteiger partial charge in [-0.25, -0.2) is 12.8 Å². The second kappa shape index (κ2) is 7.78. The highest BCUT2D eigenvalue weighted by atomic mass is 32.2. The molecule has 1 aliphatic carbocycles. The molecule has 2 aromatic rings. The lowest BCUT2D eigenvalue weighted by atomic mass is 10.0. The first kappa shape index (κ1) is 19.5. The van der Waals surface area contributed by atoms with Gasteiger partial charge in [-0.2, -0.15) is 4.72 Å². The zero-order chi connectivity index (χ0) is 19.6. The number of halogens is 1. The van der Waals surface area contributed by atoms with Gasteiger partial charge in [-0.1, -0.05) is 50.2 Å². The summed E-state index contributed by atoms with van der Waals surface area (Å²) in [5.41, 5.74) is 2.25. The Balaban J connectivity index is 1.78. The van der Waals surface area contributed by atoms with Crippen LogP contribution in [0.25, 0.3) is 0 Å². The number of rotatable bonds is 6. The van der Waals surface area contributed by atoms with Crippen molar-refractivity contribution >= 4 is 15.9 Å². The lowest BCUT2D eigenvalue weighted by Crippen LogP contribution is -2.50. The van der Waals surface area contributed by atoms with Crippen molar-refractivity contribution in [1.82, 2.24) is 10.0 Å². The number of aryl methyl sites for hydroxylation is 1. The van der Waals surface area contributed by atoms with Crippen molar-refractivity contribution in [3.8, 4) is 0 Å². The molecule has 0 bridgehead atoms. The molecule has 7 heteroatoms. The van der Waals surface area contributed by atoms with Gasteiger partial charge in [0.25, 0.3) is 0 Å². The number of sulfonamides is 1. The molecule has 1 unspecified atom stereocenters. The number of carbonyl (C=O) groups excluding carboxylic acids is 1. The Morgan fingerprint density at radius 2 is 1.78 bits per heavy atom. The van der Waals surface area contributed by atoms with Gasteiger partial charge in [-0.05, 0) is 42.0 Å². The average molecular weight is 390 g/mol. The number of benzene rings is 2. The molecule has 2 atom stereocenters. The van der Waals surface area contributed by atoms with Crippen molar-refractivity contribution in [1.29, 1.82) is 0 Å². The molecule has 0 saturated heterocycles. The van der Waals surface area contributed by atoms with Gasteiger partial charge in [0.2, 0.25) is 15.9 Å². The second-order valence-electron chi connectivity index (χ2n) is 7.07. The van der Waals surface area contributed by atoms with E-state index < -0.39 is 32.7 Å². The third kappa shape index (κ3) is 4.20. The lowest BCUT2D eigenvalue weighted by molar-refractivity contribution is -0.124. The third-order valence-electron chi connectivity index (χ3n) is 4.81. The Bertz CT molecular complexity index is 944. The van der Waals surface area contributed by atoms with E-state index in [0.29, 0.717) is 0 Å². The Morgan fingerprint density at radius 3 is 2.48 bits per heavy atom. The summed E-state index contributed by atoms with van der Waals surface area (Å²) in [6, 6.07) is 11.9. The molecule has 0 radical (unpaired) electrons. The van der Waals surface area contributed by atoms with Crippen LogP contribution in [-0.2, 0) is 21.2 Å². The van der Waals surface area contributed by atoms with E-state index in [2.05, 4.69) is 10.0 Å². The van der Waals surface area contributed by atoms with Crippen LogP contribution in [0.5, 0.6) is 0 Å². The average Bonchev–Trinajstić information content (AvgIpc) is 3.03. The van der Waals surface area contributed by atoms with Gasteiger partial charge in [0.05, 0.1) is 6.04 Å². The van der Waals surface area contributed by atoms with E-state index in [1.54, 1.807) is 13.8 Å². The van der Waals surface area contributed by atoms with E-state index in [-0.39, 0.29) is 12.0 Å². The molecule has 144 valence electrons. The topological polar surface area (TPSA) is 75.3 Å². The fraction of sp³-hybridized carbons (Fsp3) is 0.350. The van der Waals surface area contributed by atoms with Crippen LogP contribution in [0.1, 0.15) is 37.4 Å². The molecule has 0 fully saturated rings. The van der Waals surface area contributed by atoms with E-state index in [4.69, 9.17) is 0 Å². The van der Waals surface area contributed by atoms with E-state index in [0.717, 1.165) is 24.5 Å². The summed E-state index contributed by atoms with van der Waals surface area (Å²) in [6.07, 6.45) is 1.64. The van der Waals surface area contributed by atoms with E-state index in [1.165, 1.54) is 23.8 Å². The Kier molecular flexibility index (Phi) is 5.62. The molecular weight excluding hydrogens is 367 g/mol. The molecule has 0 saturated carbocycles. The third-order valence-corrected chi connectivity index (χ3v) is 6.28. The SMILES string of the molecule is CC(C)[C@H](NS(=O)(=O)c1ccccc1F)C(=O)NC1CCc2ccccc21. The summed E-state index contributed by atoms with van der Waals surface area (Å²) in [4.78, 5) is 12.3. The van der Waals surface area contributed by atoms with Gasteiger partial charge < -0.3 is 5.32 Å². The highest BCUT2D eigenvalue weighted by Gasteiger charge is 2.32. The van der Waals surface area contributed by atoms with Crippen molar-refractivity contribution in [2.45, 2.75) is 43.7 Å². The monoisotopic (exact) mass is 390 g/mol. The van der Waals surface area contributed by atoms with E-state index in [9.17, 15) is 17.6 Å². The first-order chi connectivity index (χ1) is 12.8. The number of hydrogen-bond acceptors (Lipinski definition) is 3. The van der Waals surface area contributed by atoms with Crippen molar-refractivity contribution in [3.63, 3.8) is 0 Å². The molecule has 5 nitrogen and oxygen atoms in total. The van der Waals surface area contributed by atoms with Gasteiger partial charge in [-0.15, -0.1) is 0 Å². The molecule has 0 spiro atoms. The molecule has 0 heterocycles. The second-order valence-corrected chi connectivity index (χ2v) is 8.75. The smallest absolute Gasteiger partial charge is 0.244 e. The molecule has 0 aliphatic heterocycles. The summed E-state index contributed by atoms with van der Waals surface area (Å²) < 4.78 is 41.4. The minimum atomic E-state index is -4.16. The summed E-state index contributed by atoms with van der Waals surface area (Å²) in [6.45, 7) is 3.49. The highest BCUT2D eigenvalue weighted by molar-refractivity contribution is 7.89. The van der Waals surface area contributed by atoms with Crippen LogP contribution in [0.2, 0.25) is 0 Å². The van der Waals surface area contributed by atoms with Crippen molar-refractivity contribution in [2.75, 3.05) is 0 Å². The van der Waals surface area contributed by atoms with Crippen LogP contribution in [0, 0.1) is 11.7 Å². The van der Waals surface area contributed by atoms with E-state index >= 15 is 0 Å². The summed E-state index contributed by atoms with van der Waals surface area (Å²) >= 11 is 0. The van der Waals surface area contributed by atoms with Crippen molar-refractivity contribution < 1.29 is 17.6 Å². The van der Waals surface area contributed by atoms with Crippen LogP contribution in [0.4, 0.5) is 4.39 Å². The zero-order valence-electron chi connectivity index (χ0n) is 15.3. The van der Waals surface area contributed by atoms with Crippen LogP contribution < -0.4 is 10.0 Å². The van der Waals surface area contributed by atoms with Gasteiger partial charge in [0.15, 0.2) is 0 Å². The molecule has 2 N–H and O–H groups in total. The van der Waals surface area contributed by atoms with Gasteiger partial charge in [-0.3, -0.25) is 4.79 Å². The largest absolute Gasteiger partial charge is 0.348 e. The molecule has 2 aromatic carbocycles. The number of fused-ring (bicyclic) bond motifs is 1. The zero-order valence-corrected chi connectivity index (χ0v) is 16.1. The standard InChI is InChI=1S/C20H23FN2O3S/c1-13(2)19(23-27(25,26)18-10-6-5-9-16(18)21)20(24)22-17-12-11-14-7-3-4-8-15(14)17/h3-10,13,17,19,23H,11-12H2,1-2H3,(H,22,24)/t17?,19-/m0/s1. The number of carbonyl (C=O) groups is 1. The maximum atomic E-state index is 13.9. The van der Waals surface area contributed by atoms with Crippen molar-refractivity contribution in [3.05, 3.63) is 65.5 Å². The van der Waals surface area contributed by atoms with E-state index in [1.807, 2.05) is 24.3 Å². The summed E-state index contributed by atoms with van der Waals surface area (Å²) in [7, 11) is -4.16. The highest BCUT2D eigenvalue weighted by Crippen LogP contribution is 2.31. The summed E-state index contributed by atoms with van der Waals surface area (Å²) in [5.74, 6) is -1.56. The first-order valence-corrected chi connectivity index (χ1v) is 10.4. The molecule has 1 aliphatic rings. The number of nitrogens with one attached hydrogen (secondary N) is 2. The lowest BCUT2D eigenvalue weighted by Gasteiger charge is -2.24. The number of hydrogen-bond donors (Lipinski definition) is 2. The normalized spacial score (nSPS) is 17.6. The fourth-order valence-electron chi connectivity index (χ4n) is 3.35. The van der Waals surface area contributed by atoms with Gasteiger partial charge >= 0.3 is 0 Å². The minimum absolute atomic E-state index is 0.145. The molecule has 3 rings (SSSR count). The van der Waals surface area contributed by atoms with Crippen LogP contribution in [0.15, 0.2) is 53.4 Å². The summed E-state index contributed by atoms with van der Waals surface area (Å²) in [5, 5.41) is 2.95. The minimum Gasteiger partial charge on any atom is -0.348 e. The van der Waals surface area contributed by atoms with Crippen LogP contribution in [-0.4, -0.2) is 20.4 Å². The maximum absolute atomic E-state index is 13.9. The molecule has 27 heavy (non-hydrogen) atoms. The Labute approximate surface area is 159 Å². The predicted octanol–water partition coefficient (Wildman–Crippen LogP) is 2.93. The van der Waals surface area contributed by atoms with Crippen LogP contribution >= 0.6 is 0 Å². The first-order valence-electron chi connectivity index (χ1n) is 8.94. The van der Waals surface area contributed by atoms with Gasteiger partial charge in [0.1, 0.15) is 16.8 Å². The van der Waals surface area contributed by atoms with Crippen molar-refractivity contribution in [2.24, 2.45) is 5.92 Å². The quantitative estimate of drug-likeness (QED) is 0.796. The van der Waals surface area contributed by atoms with Gasteiger partial charge in [0, 0.05) is 0 Å². The fourth-order valence-corrected chi connectivity index (χ4v) is 4.78. The molecule has 0 aromatic heterocycles. The Hall–Kier alpha value is -2.25. The predicted molar refractivity (Wildman–Crippen MR) is 101 cm³/mol. The number of amides is 1. The molecular formula is C20H23FN2O3S.